The zero-order valence-electron chi connectivity index (χ0n) is 23.9. The standard InChI is InChI=1S/C30H41N3O5/c1-9-32(10-2)16-11-17-33-25(20-12-14-21(15-13-20)30(5,6)7)23(27(35)28(33)36)26(34)22-18(3)24(29(37)38-8)31-19(22)4/h12-15,25,31,34H,9-11,16-17H2,1-8H3/b26-23+/t25-/m0/s1. The number of carbonyl (C=O) groups excluding carboxylic acids is 3. The van der Waals surface area contributed by atoms with Crippen molar-refractivity contribution in [2.75, 3.05) is 33.3 Å². The molecule has 206 valence electrons. The molecule has 1 saturated heterocycles. The van der Waals surface area contributed by atoms with Crippen LogP contribution in [0.1, 0.15) is 85.5 Å². The fourth-order valence-electron chi connectivity index (χ4n) is 5.17. The Labute approximate surface area is 225 Å². The summed E-state index contributed by atoms with van der Waals surface area (Å²) in [6.45, 7) is 16.9. The number of benzene rings is 1. The molecule has 2 heterocycles. The van der Waals surface area contributed by atoms with E-state index in [0.29, 0.717) is 29.8 Å². The van der Waals surface area contributed by atoms with Gasteiger partial charge in [-0.15, -0.1) is 0 Å². The molecule has 38 heavy (non-hydrogen) atoms. The Kier molecular flexibility index (Phi) is 8.87. The first-order chi connectivity index (χ1) is 17.9. The van der Waals surface area contributed by atoms with E-state index in [4.69, 9.17) is 4.74 Å². The van der Waals surface area contributed by atoms with Crippen molar-refractivity contribution in [2.24, 2.45) is 0 Å². The molecule has 0 saturated carbocycles. The lowest BCUT2D eigenvalue weighted by Gasteiger charge is -2.27. The predicted molar refractivity (Wildman–Crippen MR) is 148 cm³/mol. The largest absolute Gasteiger partial charge is 0.507 e. The minimum Gasteiger partial charge on any atom is -0.507 e. The van der Waals surface area contributed by atoms with E-state index in [1.54, 1.807) is 18.7 Å². The normalized spacial score (nSPS) is 17.5. The maximum atomic E-state index is 13.4. The molecule has 1 aromatic heterocycles. The van der Waals surface area contributed by atoms with Crippen LogP contribution >= 0.6 is 0 Å². The van der Waals surface area contributed by atoms with Gasteiger partial charge >= 0.3 is 5.97 Å². The number of rotatable bonds is 9. The third kappa shape index (κ3) is 5.55. The van der Waals surface area contributed by atoms with E-state index in [1.807, 2.05) is 24.3 Å². The van der Waals surface area contributed by atoms with Crippen molar-refractivity contribution in [1.82, 2.24) is 14.8 Å². The Morgan fingerprint density at radius 2 is 1.71 bits per heavy atom. The second kappa shape index (κ2) is 11.6. The van der Waals surface area contributed by atoms with E-state index in [2.05, 4.69) is 44.5 Å². The summed E-state index contributed by atoms with van der Waals surface area (Å²) in [6.07, 6.45) is 0.694. The van der Waals surface area contributed by atoms with Crippen LogP contribution in [-0.4, -0.2) is 70.8 Å². The van der Waals surface area contributed by atoms with Gasteiger partial charge in [0.2, 0.25) is 0 Å². The van der Waals surface area contributed by atoms with Crippen LogP contribution in [0.5, 0.6) is 0 Å². The molecule has 0 unspecified atom stereocenters. The van der Waals surface area contributed by atoms with Crippen molar-refractivity contribution in [1.29, 1.82) is 0 Å². The Balaban J connectivity index is 2.14. The highest BCUT2D eigenvalue weighted by Crippen LogP contribution is 2.41. The molecule has 1 aliphatic heterocycles. The maximum Gasteiger partial charge on any atom is 0.354 e. The molecule has 2 aromatic rings. The number of methoxy groups -OCH3 is 1. The summed E-state index contributed by atoms with van der Waals surface area (Å²) in [5.74, 6) is -2.22. The van der Waals surface area contributed by atoms with Crippen LogP contribution in [0.15, 0.2) is 29.8 Å². The van der Waals surface area contributed by atoms with E-state index >= 15 is 0 Å². The van der Waals surface area contributed by atoms with E-state index in [1.165, 1.54) is 7.11 Å². The first-order valence-electron chi connectivity index (χ1n) is 13.3. The lowest BCUT2D eigenvalue weighted by molar-refractivity contribution is -0.140. The van der Waals surface area contributed by atoms with Crippen molar-refractivity contribution in [2.45, 2.75) is 66.3 Å². The molecule has 1 atom stereocenters. The summed E-state index contributed by atoms with van der Waals surface area (Å²) in [6, 6.07) is 7.13. The number of nitrogens with zero attached hydrogens (tertiary/aromatic N) is 2. The molecule has 1 aromatic carbocycles. The van der Waals surface area contributed by atoms with Crippen molar-refractivity contribution in [3.8, 4) is 0 Å². The highest BCUT2D eigenvalue weighted by Gasteiger charge is 2.46. The van der Waals surface area contributed by atoms with Gasteiger partial charge in [0.1, 0.15) is 11.5 Å². The van der Waals surface area contributed by atoms with Gasteiger partial charge in [-0.25, -0.2) is 4.79 Å². The molecule has 8 nitrogen and oxygen atoms in total. The van der Waals surface area contributed by atoms with Crippen LogP contribution in [0.3, 0.4) is 0 Å². The number of hydrogen-bond donors (Lipinski definition) is 2. The highest BCUT2D eigenvalue weighted by atomic mass is 16.5. The number of aromatic amines is 1. The van der Waals surface area contributed by atoms with E-state index in [-0.39, 0.29) is 22.4 Å². The van der Waals surface area contributed by atoms with Gasteiger partial charge in [-0.05, 0) is 62.0 Å². The third-order valence-corrected chi connectivity index (χ3v) is 7.46. The van der Waals surface area contributed by atoms with Crippen molar-refractivity contribution < 1.29 is 24.2 Å². The van der Waals surface area contributed by atoms with Crippen LogP contribution in [-0.2, 0) is 19.7 Å². The monoisotopic (exact) mass is 523 g/mol. The Hall–Kier alpha value is -3.39. The highest BCUT2D eigenvalue weighted by molar-refractivity contribution is 6.46. The number of likely N-dealkylation sites (tertiary alicyclic amines) is 1. The predicted octanol–water partition coefficient (Wildman–Crippen LogP) is 4.87. The van der Waals surface area contributed by atoms with Crippen LogP contribution in [0, 0.1) is 13.8 Å². The number of ether oxygens (including phenoxy) is 1. The number of amides is 1. The number of aliphatic hydroxyl groups is 1. The Morgan fingerprint density at radius 1 is 1.11 bits per heavy atom. The number of esters is 1. The second-order valence-corrected chi connectivity index (χ2v) is 10.9. The molecule has 8 heteroatoms. The summed E-state index contributed by atoms with van der Waals surface area (Å²) >= 11 is 0. The second-order valence-electron chi connectivity index (χ2n) is 10.9. The molecular weight excluding hydrogens is 482 g/mol. The fourth-order valence-corrected chi connectivity index (χ4v) is 5.17. The number of aliphatic hydroxyl groups excluding tert-OH is 1. The lowest BCUT2D eigenvalue weighted by atomic mass is 9.85. The van der Waals surface area contributed by atoms with Gasteiger partial charge in [0.05, 0.1) is 18.7 Å². The Morgan fingerprint density at radius 3 is 2.24 bits per heavy atom. The molecular formula is C30H41N3O5. The summed E-state index contributed by atoms with van der Waals surface area (Å²) < 4.78 is 4.86. The third-order valence-electron chi connectivity index (χ3n) is 7.46. The minimum atomic E-state index is -0.740. The maximum absolute atomic E-state index is 13.4. The summed E-state index contributed by atoms with van der Waals surface area (Å²) in [7, 11) is 1.28. The zero-order valence-corrected chi connectivity index (χ0v) is 23.9. The van der Waals surface area contributed by atoms with Crippen LogP contribution in [0.2, 0.25) is 0 Å². The van der Waals surface area contributed by atoms with Gasteiger partial charge in [-0.2, -0.15) is 0 Å². The van der Waals surface area contributed by atoms with E-state index in [9.17, 15) is 19.5 Å². The topological polar surface area (TPSA) is 103 Å². The SMILES string of the molecule is CCN(CC)CCCN1C(=O)C(=O)/C(=C(/O)c2c(C)[nH]c(C(=O)OC)c2C)[C@@H]1c1ccc(C(C)(C)C)cc1. The van der Waals surface area contributed by atoms with E-state index in [0.717, 1.165) is 30.8 Å². The molecule has 1 amide bonds. The number of Topliss-reactive ketones (excluding diaryl/α,β-unsaturated/α-hetero) is 1. The first kappa shape index (κ1) is 29.2. The molecule has 1 fully saturated rings. The van der Waals surface area contributed by atoms with Crippen molar-refractivity contribution in [3.05, 3.63) is 63.5 Å². The number of hydrogen-bond acceptors (Lipinski definition) is 6. The molecule has 0 aliphatic carbocycles. The molecule has 0 bridgehead atoms. The smallest absolute Gasteiger partial charge is 0.354 e. The summed E-state index contributed by atoms with van der Waals surface area (Å²) in [5.41, 5.74) is 3.35. The minimum absolute atomic E-state index is 0.0305. The number of aromatic nitrogens is 1. The quantitative estimate of drug-likeness (QED) is 0.210. The van der Waals surface area contributed by atoms with E-state index < -0.39 is 23.7 Å². The van der Waals surface area contributed by atoms with Gasteiger partial charge in [0.15, 0.2) is 0 Å². The Bertz CT molecular complexity index is 1230. The van der Waals surface area contributed by atoms with Gasteiger partial charge in [0.25, 0.3) is 11.7 Å². The zero-order chi connectivity index (χ0) is 28.4. The molecule has 1 aliphatic rings. The van der Waals surface area contributed by atoms with Crippen LogP contribution < -0.4 is 0 Å². The van der Waals surface area contributed by atoms with Crippen molar-refractivity contribution >= 4 is 23.4 Å². The van der Waals surface area contributed by atoms with Gasteiger partial charge in [0, 0.05) is 17.8 Å². The van der Waals surface area contributed by atoms with Crippen LogP contribution in [0.25, 0.3) is 5.76 Å². The molecule has 0 radical (unpaired) electrons. The summed E-state index contributed by atoms with van der Waals surface area (Å²) in [4.78, 5) is 45.8. The molecule has 3 rings (SSSR count). The summed E-state index contributed by atoms with van der Waals surface area (Å²) in [5, 5.41) is 11.6. The number of nitrogens with one attached hydrogen (secondary N) is 1. The molecule has 0 spiro atoms. The van der Waals surface area contributed by atoms with Gasteiger partial charge < -0.3 is 24.6 Å². The average Bonchev–Trinajstić information content (AvgIpc) is 3.32. The number of ketones is 1. The lowest BCUT2D eigenvalue weighted by Crippen LogP contribution is -2.33. The van der Waals surface area contributed by atoms with Crippen molar-refractivity contribution in [3.63, 3.8) is 0 Å². The van der Waals surface area contributed by atoms with Crippen LogP contribution in [0.4, 0.5) is 0 Å². The average molecular weight is 524 g/mol. The number of carbonyl (C=O) groups is 3. The van der Waals surface area contributed by atoms with Gasteiger partial charge in [-0.3, -0.25) is 9.59 Å². The molecule has 2 N–H and O–H groups in total. The number of aryl methyl sites for hydroxylation is 1. The fraction of sp³-hybridized carbons (Fsp3) is 0.500. The van der Waals surface area contributed by atoms with Gasteiger partial charge in [-0.1, -0.05) is 58.9 Å². The number of H-pyrrole nitrogens is 1. The first-order valence-corrected chi connectivity index (χ1v) is 13.3.